The Hall–Kier alpha value is -2.40. The Morgan fingerprint density at radius 1 is 0.963 bits per heavy atom. The van der Waals surface area contributed by atoms with Crippen molar-refractivity contribution >= 4 is 6.03 Å². The third-order valence-electron chi connectivity index (χ3n) is 5.79. The molecule has 0 spiro atoms. The minimum absolute atomic E-state index is 0.0877. The van der Waals surface area contributed by atoms with Gasteiger partial charge in [0.2, 0.25) is 0 Å². The summed E-state index contributed by atoms with van der Waals surface area (Å²) in [6, 6.07) is 17.9. The summed E-state index contributed by atoms with van der Waals surface area (Å²) in [6.45, 7) is 1.41. The van der Waals surface area contributed by atoms with Crippen molar-refractivity contribution in [2.75, 3.05) is 0 Å². The minimum Gasteiger partial charge on any atom is -0.335 e. The maximum Gasteiger partial charge on any atom is 0.315 e. The van der Waals surface area contributed by atoms with E-state index >= 15 is 0 Å². The van der Waals surface area contributed by atoms with E-state index in [4.69, 9.17) is 0 Å². The van der Waals surface area contributed by atoms with E-state index < -0.39 is 0 Å². The fourth-order valence-electron chi connectivity index (χ4n) is 4.47. The Bertz CT molecular complexity index is 751. The average Bonchev–Trinajstić information content (AvgIpc) is 2.91. The maximum absolute atomic E-state index is 13.1. The van der Waals surface area contributed by atoms with Gasteiger partial charge in [-0.15, -0.1) is 0 Å². The molecule has 2 heterocycles. The van der Waals surface area contributed by atoms with Crippen molar-refractivity contribution < 1.29 is 9.18 Å². The average molecular weight is 367 g/mol. The van der Waals surface area contributed by atoms with E-state index in [-0.39, 0.29) is 17.9 Å². The van der Waals surface area contributed by atoms with E-state index in [0.29, 0.717) is 18.6 Å². The zero-order chi connectivity index (χ0) is 18.6. The number of benzene rings is 2. The van der Waals surface area contributed by atoms with Crippen molar-refractivity contribution in [3.63, 3.8) is 0 Å². The van der Waals surface area contributed by atoms with Gasteiger partial charge < -0.3 is 10.6 Å². The summed E-state index contributed by atoms with van der Waals surface area (Å²) < 4.78 is 13.1. The number of amides is 2. The van der Waals surface area contributed by atoms with Crippen LogP contribution in [0.5, 0.6) is 0 Å². The molecule has 0 radical (unpaired) electrons. The van der Waals surface area contributed by atoms with Crippen LogP contribution in [0.2, 0.25) is 0 Å². The molecule has 2 fully saturated rings. The fraction of sp³-hybridized carbons (Fsp3) is 0.409. The topological polar surface area (TPSA) is 44.4 Å². The van der Waals surface area contributed by atoms with Gasteiger partial charge in [0.25, 0.3) is 0 Å². The molecule has 2 aromatic rings. The normalized spacial score (nSPS) is 24.6. The molecule has 2 aliphatic rings. The summed E-state index contributed by atoms with van der Waals surface area (Å²) in [5.41, 5.74) is 2.25. The van der Waals surface area contributed by atoms with Gasteiger partial charge in [0.15, 0.2) is 0 Å². The molecule has 2 aromatic carbocycles. The van der Waals surface area contributed by atoms with Crippen LogP contribution in [-0.2, 0) is 13.1 Å². The molecule has 0 saturated carbocycles. The van der Waals surface area contributed by atoms with Gasteiger partial charge in [0.1, 0.15) is 5.82 Å². The van der Waals surface area contributed by atoms with Gasteiger partial charge >= 0.3 is 6.03 Å². The molecule has 2 bridgehead atoms. The van der Waals surface area contributed by atoms with Crippen molar-refractivity contribution in [1.82, 2.24) is 15.5 Å². The van der Waals surface area contributed by atoms with Crippen LogP contribution in [0.15, 0.2) is 54.6 Å². The number of urea groups is 1. The number of rotatable bonds is 5. The van der Waals surface area contributed by atoms with Crippen molar-refractivity contribution in [3.8, 4) is 0 Å². The molecule has 2 amide bonds. The first-order valence-electron chi connectivity index (χ1n) is 9.76. The molecule has 27 heavy (non-hydrogen) atoms. The van der Waals surface area contributed by atoms with E-state index in [9.17, 15) is 9.18 Å². The van der Waals surface area contributed by atoms with Crippen LogP contribution in [0.25, 0.3) is 0 Å². The number of carbonyl (C=O) groups excluding carboxylic acids is 1. The highest BCUT2D eigenvalue weighted by Crippen LogP contribution is 2.36. The highest BCUT2D eigenvalue weighted by molar-refractivity contribution is 5.74. The molecule has 5 heteroatoms. The number of hydrogen-bond donors (Lipinski definition) is 2. The Morgan fingerprint density at radius 3 is 2.30 bits per heavy atom. The Morgan fingerprint density at radius 2 is 1.63 bits per heavy atom. The molecule has 2 atom stereocenters. The Kier molecular flexibility index (Phi) is 5.39. The first kappa shape index (κ1) is 18.0. The molecule has 4 rings (SSSR count). The molecule has 4 nitrogen and oxygen atoms in total. The predicted molar refractivity (Wildman–Crippen MR) is 104 cm³/mol. The minimum atomic E-state index is -0.189. The van der Waals surface area contributed by atoms with Gasteiger partial charge in [-0.25, -0.2) is 9.18 Å². The number of fused-ring (bicyclic) bond motifs is 2. The van der Waals surface area contributed by atoms with Crippen molar-refractivity contribution in [3.05, 3.63) is 71.5 Å². The van der Waals surface area contributed by atoms with E-state index in [1.165, 1.54) is 25.0 Å². The molecule has 142 valence electrons. The SMILES string of the molecule is O=C(NCc1ccccc1)NC1CC2CCC(C1)N2Cc1ccc(F)cc1. The van der Waals surface area contributed by atoms with Gasteiger partial charge in [0, 0.05) is 31.2 Å². The quantitative estimate of drug-likeness (QED) is 0.844. The molecule has 0 aromatic heterocycles. The van der Waals surface area contributed by atoms with Gasteiger partial charge in [-0.05, 0) is 48.9 Å². The summed E-state index contributed by atoms with van der Waals surface area (Å²) >= 11 is 0. The van der Waals surface area contributed by atoms with Crippen molar-refractivity contribution in [1.29, 1.82) is 0 Å². The Labute approximate surface area is 159 Å². The van der Waals surface area contributed by atoms with Crippen molar-refractivity contribution in [2.45, 2.75) is 56.9 Å². The number of halogens is 1. The van der Waals surface area contributed by atoms with Crippen LogP contribution in [0.1, 0.15) is 36.8 Å². The monoisotopic (exact) mass is 367 g/mol. The lowest BCUT2D eigenvalue weighted by Crippen LogP contribution is -2.51. The third-order valence-corrected chi connectivity index (χ3v) is 5.79. The second-order valence-corrected chi connectivity index (χ2v) is 7.66. The van der Waals surface area contributed by atoms with Crippen molar-refractivity contribution in [2.24, 2.45) is 0 Å². The zero-order valence-electron chi connectivity index (χ0n) is 15.4. The first-order chi connectivity index (χ1) is 13.2. The number of nitrogens with zero attached hydrogens (tertiary/aromatic N) is 1. The molecular formula is C22H26FN3O. The number of carbonyl (C=O) groups is 1. The molecule has 2 aliphatic heterocycles. The van der Waals surface area contributed by atoms with E-state index in [2.05, 4.69) is 15.5 Å². The van der Waals surface area contributed by atoms with Gasteiger partial charge in [0.05, 0.1) is 0 Å². The van der Waals surface area contributed by atoms with Crippen LogP contribution >= 0.6 is 0 Å². The maximum atomic E-state index is 13.1. The second kappa shape index (κ2) is 8.09. The van der Waals surface area contributed by atoms with Crippen LogP contribution in [-0.4, -0.2) is 29.1 Å². The highest BCUT2D eigenvalue weighted by atomic mass is 19.1. The lowest BCUT2D eigenvalue weighted by Gasteiger charge is -2.39. The number of piperidine rings is 1. The molecule has 2 N–H and O–H groups in total. The second-order valence-electron chi connectivity index (χ2n) is 7.66. The van der Waals surface area contributed by atoms with E-state index in [1.807, 2.05) is 42.5 Å². The lowest BCUT2D eigenvalue weighted by molar-refractivity contribution is 0.111. The molecule has 0 aliphatic carbocycles. The third kappa shape index (κ3) is 4.48. The van der Waals surface area contributed by atoms with Gasteiger partial charge in [-0.2, -0.15) is 0 Å². The van der Waals surface area contributed by atoms with Crippen LogP contribution in [0.4, 0.5) is 9.18 Å². The van der Waals surface area contributed by atoms with Crippen LogP contribution < -0.4 is 10.6 Å². The summed E-state index contributed by atoms with van der Waals surface area (Å²) in [6.07, 6.45) is 4.32. The Balaban J connectivity index is 1.28. The van der Waals surface area contributed by atoms with Crippen LogP contribution in [0.3, 0.4) is 0 Å². The molecular weight excluding hydrogens is 341 g/mol. The fourth-order valence-corrected chi connectivity index (χ4v) is 4.47. The van der Waals surface area contributed by atoms with E-state index in [1.54, 1.807) is 0 Å². The van der Waals surface area contributed by atoms with Gasteiger partial charge in [-0.1, -0.05) is 42.5 Å². The molecule has 2 unspecified atom stereocenters. The summed E-state index contributed by atoms with van der Waals surface area (Å²) in [5, 5.41) is 6.11. The predicted octanol–water partition coefficient (Wildman–Crippen LogP) is 3.82. The summed E-state index contributed by atoms with van der Waals surface area (Å²) in [7, 11) is 0. The lowest BCUT2D eigenvalue weighted by atomic mass is 9.96. The number of hydrogen-bond acceptors (Lipinski definition) is 2. The van der Waals surface area contributed by atoms with E-state index in [0.717, 1.165) is 30.5 Å². The smallest absolute Gasteiger partial charge is 0.315 e. The van der Waals surface area contributed by atoms with Gasteiger partial charge in [-0.3, -0.25) is 4.90 Å². The first-order valence-corrected chi connectivity index (χ1v) is 9.76. The summed E-state index contributed by atoms with van der Waals surface area (Å²) in [4.78, 5) is 14.8. The molecule has 2 saturated heterocycles. The highest BCUT2D eigenvalue weighted by Gasteiger charge is 2.40. The van der Waals surface area contributed by atoms with Crippen LogP contribution in [0, 0.1) is 5.82 Å². The largest absolute Gasteiger partial charge is 0.335 e. The summed E-state index contributed by atoms with van der Waals surface area (Å²) in [5.74, 6) is -0.189. The standard InChI is InChI=1S/C22H26FN3O/c23-18-8-6-17(7-9-18)15-26-20-10-11-21(26)13-19(12-20)25-22(27)24-14-16-4-2-1-3-5-16/h1-9,19-21H,10-15H2,(H2,24,25,27). The number of nitrogens with one attached hydrogen (secondary N) is 2. The zero-order valence-corrected chi connectivity index (χ0v) is 15.4.